The van der Waals surface area contributed by atoms with Crippen LogP contribution in [0.5, 0.6) is 0 Å². The maximum absolute atomic E-state index is 13.8. The van der Waals surface area contributed by atoms with Gasteiger partial charge in [0.05, 0.1) is 30.7 Å². The minimum atomic E-state index is -0.341. The Hall–Kier alpha value is -2.18. The summed E-state index contributed by atoms with van der Waals surface area (Å²) in [6.45, 7) is 9.40. The molecular weight excluding hydrogens is 404 g/mol. The predicted molar refractivity (Wildman–Crippen MR) is 121 cm³/mol. The first-order valence-corrected chi connectivity index (χ1v) is 12.2. The van der Waals surface area contributed by atoms with E-state index in [1.807, 2.05) is 35.2 Å². The van der Waals surface area contributed by atoms with Crippen molar-refractivity contribution in [2.24, 2.45) is 17.8 Å². The summed E-state index contributed by atoms with van der Waals surface area (Å²) in [5.74, 6) is 1.19. The van der Waals surface area contributed by atoms with E-state index in [0.29, 0.717) is 29.7 Å². The molecule has 4 aliphatic rings. The van der Waals surface area contributed by atoms with Gasteiger partial charge in [0.2, 0.25) is 0 Å². The van der Waals surface area contributed by atoms with Gasteiger partial charge in [-0.3, -0.25) is 14.5 Å². The number of morpholine rings is 1. The van der Waals surface area contributed by atoms with Crippen molar-refractivity contribution < 1.29 is 19.1 Å². The Morgan fingerprint density at radius 1 is 0.969 bits per heavy atom. The maximum atomic E-state index is 13.8. The molecule has 5 rings (SSSR count). The van der Waals surface area contributed by atoms with Crippen LogP contribution in [0.4, 0.5) is 0 Å². The molecule has 6 nitrogen and oxygen atoms in total. The Morgan fingerprint density at radius 3 is 2.44 bits per heavy atom. The zero-order valence-corrected chi connectivity index (χ0v) is 19.2. The van der Waals surface area contributed by atoms with Gasteiger partial charge < -0.3 is 14.4 Å². The number of Topliss-reactive ketones (excluding diaryl/α,β-unsaturated/α-hetero) is 1. The van der Waals surface area contributed by atoms with Crippen molar-refractivity contribution in [1.29, 1.82) is 0 Å². The van der Waals surface area contributed by atoms with Crippen LogP contribution < -0.4 is 0 Å². The molecule has 1 saturated carbocycles. The van der Waals surface area contributed by atoms with Crippen LogP contribution >= 0.6 is 0 Å². The van der Waals surface area contributed by atoms with Crippen LogP contribution in [0.15, 0.2) is 41.7 Å². The molecule has 0 radical (unpaired) electrons. The molecule has 5 unspecified atom stereocenters. The summed E-state index contributed by atoms with van der Waals surface area (Å²) in [4.78, 5) is 31.5. The average Bonchev–Trinajstić information content (AvgIpc) is 3.09. The van der Waals surface area contributed by atoms with E-state index in [1.54, 1.807) is 0 Å². The molecule has 1 saturated heterocycles. The molecule has 5 atom stereocenters. The van der Waals surface area contributed by atoms with Crippen LogP contribution in [0.25, 0.3) is 0 Å². The highest BCUT2D eigenvalue weighted by Crippen LogP contribution is 2.48. The minimum absolute atomic E-state index is 0.117. The molecule has 32 heavy (non-hydrogen) atoms. The van der Waals surface area contributed by atoms with E-state index in [0.717, 1.165) is 57.7 Å². The Bertz CT molecular complexity index is 892. The minimum Gasteiger partial charge on any atom is -0.483 e. The molecule has 0 N–H and O–H groups in total. The van der Waals surface area contributed by atoms with E-state index in [9.17, 15) is 9.59 Å². The molecule has 0 aromatic heterocycles. The normalized spacial score (nSPS) is 33.2. The van der Waals surface area contributed by atoms with Gasteiger partial charge in [-0.1, -0.05) is 44.2 Å². The predicted octanol–water partition coefficient (Wildman–Crippen LogP) is 3.20. The molecule has 0 spiro atoms. The Kier molecular flexibility index (Phi) is 6.08. The summed E-state index contributed by atoms with van der Waals surface area (Å²) in [7, 11) is 0. The van der Waals surface area contributed by atoms with Gasteiger partial charge in [-0.25, -0.2) is 0 Å². The van der Waals surface area contributed by atoms with Crippen molar-refractivity contribution in [2.45, 2.75) is 45.3 Å². The van der Waals surface area contributed by atoms with Crippen LogP contribution in [-0.2, 0) is 19.1 Å². The molecule has 1 aromatic rings. The van der Waals surface area contributed by atoms with E-state index in [1.165, 1.54) is 0 Å². The second-order valence-electron chi connectivity index (χ2n) is 9.92. The molecule has 6 heteroatoms. The maximum Gasteiger partial charge on any atom is 0.290 e. The van der Waals surface area contributed by atoms with Gasteiger partial charge >= 0.3 is 0 Å². The van der Waals surface area contributed by atoms with E-state index in [4.69, 9.17) is 9.47 Å². The number of carbonyl (C=O) groups excluding carboxylic acids is 2. The van der Waals surface area contributed by atoms with Crippen molar-refractivity contribution >= 4 is 11.7 Å². The van der Waals surface area contributed by atoms with Gasteiger partial charge in [-0.05, 0) is 36.7 Å². The molecule has 172 valence electrons. The van der Waals surface area contributed by atoms with Crippen LogP contribution in [0, 0.1) is 17.8 Å². The number of hydrogen-bond acceptors (Lipinski definition) is 5. The summed E-state index contributed by atoms with van der Waals surface area (Å²) in [6.07, 6.45) is 2.38. The number of nitrogens with zero attached hydrogens (tertiary/aromatic N) is 2. The first-order valence-electron chi connectivity index (χ1n) is 12.2. The lowest BCUT2D eigenvalue weighted by atomic mass is 9.70. The third kappa shape index (κ3) is 3.88. The molecule has 3 aliphatic heterocycles. The van der Waals surface area contributed by atoms with Crippen molar-refractivity contribution in [3.05, 3.63) is 47.2 Å². The van der Waals surface area contributed by atoms with Crippen molar-refractivity contribution in [3.63, 3.8) is 0 Å². The molecule has 2 fully saturated rings. The lowest BCUT2D eigenvalue weighted by Crippen LogP contribution is -2.43. The second-order valence-corrected chi connectivity index (χ2v) is 9.92. The van der Waals surface area contributed by atoms with Crippen LogP contribution in [0.2, 0.25) is 0 Å². The van der Waals surface area contributed by atoms with E-state index in [2.05, 4.69) is 18.7 Å². The Labute approximate surface area is 190 Å². The number of carbonyl (C=O) groups is 2. The topological polar surface area (TPSA) is 59.1 Å². The van der Waals surface area contributed by atoms with E-state index in [-0.39, 0.29) is 29.8 Å². The number of benzene rings is 1. The fourth-order valence-electron chi connectivity index (χ4n) is 5.81. The van der Waals surface area contributed by atoms with Gasteiger partial charge in [-0.15, -0.1) is 0 Å². The molecule has 3 heterocycles. The van der Waals surface area contributed by atoms with Crippen molar-refractivity contribution in [2.75, 3.05) is 39.4 Å². The molecule has 1 aromatic carbocycles. The zero-order chi connectivity index (χ0) is 22.2. The molecule has 0 bridgehead atoms. The first kappa shape index (κ1) is 21.7. The van der Waals surface area contributed by atoms with Crippen molar-refractivity contribution in [1.82, 2.24) is 9.80 Å². The first-order chi connectivity index (χ1) is 15.5. The largest absolute Gasteiger partial charge is 0.483 e. The molecular formula is C26H34N2O4. The van der Waals surface area contributed by atoms with Gasteiger partial charge in [0.1, 0.15) is 6.10 Å². The molecule has 1 amide bonds. The smallest absolute Gasteiger partial charge is 0.290 e. The highest BCUT2D eigenvalue weighted by Gasteiger charge is 2.53. The lowest BCUT2D eigenvalue weighted by molar-refractivity contribution is -0.137. The fraction of sp³-hybridized carbons (Fsp3) is 0.615. The quantitative estimate of drug-likeness (QED) is 0.707. The summed E-state index contributed by atoms with van der Waals surface area (Å²) in [5, 5.41) is 0. The summed E-state index contributed by atoms with van der Waals surface area (Å²) < 4.78 is 11.8. The zero-order valence-electron chi connectivity index (χ0n) is 19.2. The van der Waals surface area contributed by atoms with Gasteiger partial charge in [-0.2, -0.15) is 0 Å². The van der Waals surface area contributed by atoms with E-state index >= 15 is 0 Å². The van der Waals surface area contributed by atoms with Crippen molar-refractivity contribution in [3.8, 4) is 0 Å². The SMILES string of the molecule is CC1CC2OC3=C(C(=O)C2CC1C)C(c1ccccc1)N(CCCN1CCOCC1)C3=O. The highest BCUT2D eigenvalue weighted by molar-refractivity contribution is 6.11. The fourth-order valence-corrected chi connectivity index (χ4v) is 5.81. The van der Waals surface area contributed by atoms with Gasteiger partial charge in [0.15, 0.2) is 11.5 Å². The van der Waals surface area contributed by atoms with E-state index < -0.39 is 0 Å². The number of hydrogen-bond donors (Lipinski definition) is 0. The second kappa shape index (κ2) is 8.99. The third-order valence-corrected chi connectivity index (χ3v) is 7.90. The summed E-state index contributed by atoms with van der Waals surface area (Å²) >= 11 is 0. The average molecular weight is 439 g/mol. The lowest BCUT2D eigenvalue weighted by Gasteiger charge is -2.40. The Morgan fingerprint density at radius 2 is 1.69 bits per heavy atom. The number of rotatable bonds is 5. The number of ether oxygens (including phenoxy) is 2. The van der Waals surface area contributed by atoms with Gasteiger partial charge in [0.25, 0.3) is 5.91 Å². The standard InChI is InChI=1S/C26H34N2O4/c1-17-15-20-21(16-18(17)2)32-25-22(24(20)29)23(19-7-4-3-5-8-19)28(26(25)30)10-6-9-27-11-13-31-14-12-27/h3-5,7-8,17-18,20-21,23H,6,9-16H2,1-2H3. The number of ketones is 1. The Balaban J connectivity index is 1.40. The molecule has 1 aliphatic carbocycles. The summed E-state index contributed by atoms with van der Waals surface area (Å²) in [6, 6.07) is 9.63. The van der Waals surface area contributed by atoms with Gasteiger partial charge in [0, 0.05) is 26.2 Å². The van der Waals surface area contributed by atoms with Crippen LogP contribution in [0.1, 0.15) is 44.7 Å². The highest BCUT2D eigenvalue weighted by atomic mass is 16.5. The van der Waals surface area contributed by atoms with Crippen LogP contribution in [0.3, 0.4) is 0 Å². The monoisotopic (exact) mass is 438 g/mol. The third-order valence-electron chi connectivity index (χ3n) is 7.90. The number of fused-ring (bicyclic) bond motifs is 1. The van der Waals surface area contributed by atoms with Crippen LogP contribution in [-0.4, -0.2) is 67.0 Å². The summed E-state index contributed by atoms with van der Waals surface area (Å²) in [5.41, 5.74) is 1.58. The number of amides is 1.